The monoisotopic (exact) mass is 298 g/mol. The third kappa shape index (κ3) is 6.49. The van der Waals surface area contributed by atoms with Crippen LogP contribution in [0.3, 0.4) is 0 Å². The van der Waals surface area contributed by atoms with Crippen LogP contribution in [0.1, 0.15) is 59.8 Å². The van der Waals surface area contributed by atoms with E-state index in [1.807, 2.05) is 13.8 Å². The van der Waals surface area contributed by atoms with Gasteiger partial charge in [0, 0.05) is 0 Å². The first-order valence-corrected chi connectivity index (χ1v) is 8.25. The zero-order valence-electron chi connectivity index (χ0n) is 13.9. The molecule has 0 bridgehead atoms. The van der Waals surface area contributed by atoms with Crippen LogP contribution in [-0.2, 0) is 19.1 Å². The van der Waals surface area contributed by atoms with Crippen LogP contribution in [-0.4, -0.2) is 25.2 Å². The van der Waals surface area contributed by atoms with E-state index in [0.717, 1.165) is 32.1 Å². The number of esters is 2. The fourth-order valence-corrected chi connectivity index (χ4v) is 2.55. The van der Waals surface area contributed by atoms with Crippen LogP contribution >= 0.6 is 0 Å². The topological polar surface area (TPSA) is 52.6 Å². The summed E-state index contributed by atoms with van der Waals surface area (Å²) in [7, 11) is 0. The van der Waals surface area contributed by atoms with Crippen molar-refractivity contribution in [3.63, 3.8) is 0 Å². The second-order valence-corrected chi connectivity index (χ2v) is 6.87. The van der Waals surface area contributed by atoms with E-state index in [1.54, 1.807) is 0 Å². The second kappa shape index (κ2) is 9.06. The lowest BCUT2D eigenvalue weighted by atomic mass is 9.79. The van der Waals surface area contributed by atoms with Gasteiger partial charge in [0.15, 0.2) is 0 Å². The fraction of sp³-hybridized carbons (Fsp3) is 0.882. The van der Waals surface area contributed by atoms with Crippen LogP contribution in [0.2, 0.25) is 0 Å². The van der Waals surface area contributed by atoms with Crippen molar-refractivity contribution in [3.8, 4) is 0 Å². The summed E-state index contributed by atoms with van der Waals surface area (Å²) in [6, 6.07) is 0. The van der Waals surface area contributed by atoms with E-state index in [9.17, 15) is 9.59 Å². The first-order valence-electron chi connectivity index (χ1n) is 8.25. The van der Waals surface area contributed by atoms with Crippen molar-refractivity contribution < 1.29 is 19.1 Å². The zero-order chi connectivity index (χ0) is 15.8. The smallest absolute Gasteiger partial charge is 0.309 e. The van der Waals surface area contributed by atoms with Gasteiger partial charge in [-0.3, -0.25) is 9.59 Å². The second-order valence-electron chi connectivity index (χ2n) is 6.87. The van der Waals surface area contributed by atoms with Gasteiger partial charge in [-0.25, -0.2) is 0 Å². The van der Waals surface area contributed by atoms with Crippen LogP contribution in [0.25, 0.3) is 0 Å². The highest BCUT2D eigenvalue weighted by Gasteiger charge is 2.37. The molecule has 0 aliphatic heterocycles. The molecule has 2 atom stereocenters. The maximum atomic E-state index is 12.2. The largest absolute Gasteiger partial charge is 0.465 e. The summed E-state index contributed by atoms with van der Waals surface area (Å²) in [5.74, 6) is -0.254. The first kappa shape index (κ1) is 18.0. The quantitative estimate of drug-likeness (QED) is 0.674. The van der Waals surface area contributed by atoms with Crippen LogP contribution in [0.4, 0.5) is 0 Å². The number of carbonyl (C=O) groups excluding carboxylic acids is 2. The van der Waals surface area contributed by atoms with E-state index in [1.165, 1.54) is 0 Å². The molecule has 0 amide bonds. The molecule has 1 saturated carbocycles. The van der Waals surface area contributed by atoms with Crippen molar-refractivity contribution in [2.75, 3.05) is 13.2 Å². The third-order valence-corrected chi connectivity index (χ3v) is 3.87. The highest BCUT2D eigenvalue weighted by Crippen LogP contribution is 2.32. The van der Waals surface area contributed by atoms with Crippen LogP contribution in [0.15, 0.2) is 0 Å². The standard InChI is InChI=1S/C17H30O4/c1-12(2)9-10-20-16(18)14-7-5-6-8-15(14)17(19)21-11-13(3)4/h12-15H,5-11H2,1-4H3. The summed E-state index contributed by atoms with van der Waals surface area (Å²) in [5, 5.41) is 0. The number of hydrogen-bond acceptors (Lipinski definition) is 4. The normalized spacial score (nSPS) is 22.4. The lowest BCUT2D eigenvalue weighted by Crippen LogP contribution is -2.35. The third-order valence-electron chi connectivity index (χ3n) is 3.87. The molecular formula is C17H30O4. The molecule has 0 radical (unpaired) electrons. The van der Waals surface area contributed by atoms with E-state index < -0.39 is 0 Å². The van der Waals surface area contributed by atoms with Crippen molar-refractivity contribution in [1.82, 2.24) is 0 Å². The summed E-state index contributed by atoms with van der Waals surface area (Å²) < 4.78 is 10.7. The molecule has 1 rings (SSSR count). The Morgan fingerprint density at radius 3 is 1.90 bits per heavy atom. The molecular weight excluding hydrogens is 268 g/mol. The van der Waals surface area contributed by atoms with E-state index >= 15 is 0 Å². The van der Waals surface area contributed by atoms with E-state index in [4.69, 9.17) is 9.47 Å². The van der Waals surface area contributed by atoms with Gasteiger partial charge in [0.2, 0.25) is 0 Å². The van der Waals surface area contributed by atoms with Gasteiger partial charge < -0.3 is 9.47 Å². The van der Waals surface area contributed by atoms with Gasteiger partial charge in [-0.1, -0.05) is 40.5 Å². The molecule has 1 fully saturated rings. The average molecular weight is 298 g/mol. The van der Waals surface area contributed by atoms with Crippen molar-refractivity contribution >= 4 is 11.9 Å². The highest BCUT2D eigenvalue weighted by molar-refractivity contribution is 5.82. The summed E-state index contributed by atoms with van der Waals surface area (Å²) in [6.07, 6.45) is 4.30. The Bertz CT molecular complexity index is 336. The zero-order valence-corrected chi connectivity index (χ0v) is 13.9. The van der Waals surface area contributed by atoms with E-state index in [2.05, 4.69) is 13.8 Å². The molecule has 0 heterocycles. The predicted molar refractivity (Wildman–Crippen MR) is 81.7 cm³/mol. The molecule has 1 aliphatic carbocycles. The Labute approximate surface area is 128 Å². The maximum Gasteiger partial charge on any atom is 0.309 e. The van der Waals surface area contributed by atoms with Crippen molar-refractivity contribution in [1.29, 1.82) is 0 Å². The molecule has 4 nitrogen and oxygen atoms in total. The molecule has 4 heteroatoms. The molecule has 0 aromatic carbocycles. The fourth-order valence-electron chi connectivity index (χ4n) is 2.55. The summed E-state index contributed by atoms with van der Waals surface area (Å²) in [6.45, 7) is 9.07. The van der Waals surface area contributed by atoms with Gasteiger partial charge in [0.25, 0.3) is 0 Å². The van der Waals surface area contributed by atoms with E-state index in [-0.39, 0.29) is 23.8 Å². The van der Waals surface area contributed by atoms with Gasteiger partial charge >= 0.3 is 11.9 Å². The van der Waals surface area contributed by atoms with Gasteiger partial charge in [0.1, 0.15) is 0 Å². The summed E-state index contributed by atoms with van der Waals surface area (Å²) in [4.78, 5) is 24.4. The van der Waals surface area contributed by atoms with E-state index in [0.29, 0.717) is 25.0 Å². The molecule has 122 valence electrons. The minimum absolute atomic E-state index is 0.221. The summed E-state index contributed by atoms with van der Waals surface area (Å²) >= 11 is 0. The lowest BCUT2D eigenvalue weighted by Gasteiger charge is -2.28. The summed E-state index contributed by atoms with van der Waals surface area (Å²) in [5.41, 5.74) is 0. The predicted octanol–water partition coefficient (Wildman–Crippen LogP) is 3.58. The molecule has 1 aliphatic rings. The molecule has 21 heavy (non-hydrogen) atoms. The average Bonchev–Trinajstić information content (AvgIpc) is 2.44. The number of ether oxygens (including phenoxy) is 2. The molecule has 0 saturated heterocycles. The molecule has 0 aromatic rings. The van der Waals surface area contributed by atoms with Gasteiger partial charge in [-0.2, -0.15) is 0 Å². The van der Waals surface area contributed by atoms with Crippen LogP contribution in [0, 0.1) is 23.7 Å². The maximum absolute atomic E-state index is 12.2. The number of hydrogen-bond donors (Lipinski definition) is 0. The molecule has 0 N–H and O–H groups in total. The Morgan fingerprint density at radius 2 is 1.43 bits per heavy atom. The van der Waals surface area contributed by atoms with Crippen molar-refractivity contribution in [2.45, 2.75) is 59.8 Å². The Balaban J connectivity index is 2.51. The number of carbonyl (C=O) groups is 2. The number of rotatable bonds is 7. The molecule has 2 unspecified atom stereocenters. The minimum atomic E-state index is -0.316. The minimum Gasteiger partial charge on any atom is -0.465 e. The van der Waals surface area contributed by atoms with Gasteiger partial charge in [-0.15, -0.1) is 0 Å². The Hall–Kier alpha value is -1.06. The Kier molecular flexibility index (Phi) is 7.76. The first-order chi connectivity index (χ1) is 9.91. The van der Waals surface area contributed by atoms with Crippen molar-refractivity contribution in [2.24, 2.45) is 23.7 Å². The molecule has 0 aromatic heterocycles. The highest BCUT2D eigenvalue weighted by atomic mass is 16.5. The SMILES string of the molecule is CC(C)CCOC(=O)C1CCCCC1C(=O)OCC(C)C. The molecule has 0 spiro atoms. The van der Waals surface area contributed by atoms with Gasteiger partial charge in [-0.05, 0) is 31.1 Å². The lowest BCUT2D eigenvalue weighted by molar-refractivity contribution is -0.163. The van der Waals surface area contributed by atoms with Gasteiger partial charge in [0.05, 0.1) is 25.0 Å². The van der Waals surface area contributed by atoms with Crippen LogP contribution in [0.5, 0.6) is 0 Å². The van der Waals surface area contributed by atoms with Crippen LogP contribution < -0.4 is 0 Å². The Morgan fingerprint density at radius 1 is 0.905 bits per heavy atom. The van der Waals surface area contributed by atoms with Crippen molar-refractivity contribution in [3.05, 3.63) is 0 Å².